The first-order valence-electron chi connectivity index (χ1n) is 11.1. The van der Waals surface area contributed by atoms with Gasteiger partial charge in [-0.25, -0.2) is 9.37 Å². The predicted octanol–water partition coefficient (Wildman–Crippen LogP) is 5.12. The molecule has 0 bridgehead atoms. The Balaban J connectivity index is 1.50. The molecule has 1 aromatic heterocycles. The predicted molar refractivity (Wildman–Crippen MR) is 136 cm³/mol. The molecule has 1 atom stereocenters. The number of benzene rings is 3. The number of amides is 2. The van der Waals surface area contributed by atoms with Crippen molar-refractivity contribution in [3.63, 3.8) is 0 Å². The molecule has 8 heteroatoms. The lowest BCUT2D eigenvalue weighted by atomic mass is 10.1. The lowest BCUT2D eigenvalue weighted by Gasteiger charge is -2.20. The molecule has 178 valence electrons. The van der Waals surface area contributed by atoms with E-state index in [0.717, 1.165) is 15.6 Å². The highest BCUT2D eigenvalue weighted by atomic mass is 79.9. The maximum absolute atomic E-state index is 14.6. The second kappa shape index (κ2) is 11.1. The summed E-state index contributed by atoms with van der Waals surface area (Å²) in [6, 6.07) is 22.3. The van der Waals surface area contributed by atoms with Crippen molar-refractivity contribution in [2.24, 2.45) is 0 Å². The minimum atomic E-state index is -0.786. The summed E-state index contributed by atoms with van der Waals surface area (Å²) in [6.07, 6.45) is 0.163. The van der Waals surface area contributed by atoms with E-state index in [9.17, 15) is 14.0 Å². The van der Waals surface area contributed by atoms with Crippen LogP contribution in [0, 0.1) is 12.7 Å². The zero-order chi connectivity index (χ0) is 24.8. The maximum atomic E-state index is 14.6. The van der Waals surface area contributed by atoms with Gasteiger partial charge in [0.05, 0.1) is 12.5 Å². The number of hydrogen-bond donors (Lipinski definition) is 3. The lowest BCUT2D eigenvalue weighted by molar-refractivity contribution is -0.120. The van der Waals surface area contributed by atoms with Crippen LogP contribution in [0.4, 0.5) is 4.39 Å². The van der Waals surface area contributed by atoms with Crippen molar-refractivity contribution in [3.8, 4) is 11.4 Å². The molecule has 6 nitrogen and oxygen atoms in total. The number of imidazole rings is 1. The summed E-state index contributed by atoms with van der Waals surface area (Å²) in [5.74, 6) is -0.600. The van der Waals surface area contributed by atoms with Crippen LogP contribution in [0.5, 0.6) is 0 Å². The molecule has 0 fully saturated rings. The number of aromatic amines is 1. The molecule has 0 spiro atoms. The molecule has 0 aliphatic carbocycles. The van der Waals surface area contributed by atoms with Crippen LogP contribution in [0.15, 0.2) is 83.3 Å². The van der Waals surface area contributed by atoms with Crippen LogP contribution in [0.2, 0.25) is 0 Å². The summed E-state index contributed by atoms with van der Waals surface area (Å²) in [4.78, 5) is 33.3. The molecule has 3 N–H and O–H groups in total. The molecule has 0 saturated heterocycles. The van der Waals surface area contributed by atoms with E-state index in [4.69, 9.17) is 0 Å². The lowest BCUT2D eigenvalue weighted by Crippen LogP contribution is -2.39. The fraction of sp³-hybridized carbons (Fsp3) is 0.148. The topological polar surface area (TPSA) is 86.9 Å². The average molecular weight is 535 g/mol. The molecule has 0 aliphatic heterocycles. The number of H-pyrrole nitrogens is 1. The van der Waals surface area contributed by atoms with E-state index in [1.807, 2.05) is 54.6 Å². The van der Waals surface area contributed by atoms with Gasteiger partial charge in [-0.15, -0.1) is 0 Å². The van der Waals surface area contributed by atoms with Gasteiger partial charge in [0.15, 0.2) is 0 Å². The molecule has 0 aliphatic rings. The highest BCUT2D eigenvalue weighted by Crippen LogP contribution is 2.20. The molecule has 2 amide bonds. The van der Waals surface area contributed by atoms with Gasteiger partial charge in [0, 0.05) is 27.8 Å². The Labute approximate surface area is 211 Å². The van der Waals surface area contributed by atoms with Gasteiger partial charge in [-0.2, -0.15) is 0 Å². The Bertz CT molecular complexity index is 1340. The summed E-state index contributed by atoms with van der Waals surface area (Å²) in [7, 11) is 0. The van der Waals surface area contributed by atoms with Gasteiger partial charge in [0.2, 0.25) is 5.91 Å². The molecular weight excluding hydrogens is 511 g/mol. The van der Waals surface area contributed by atoms with Gasteiger partial charge in [0.1, 0.15) is 17.3 Å². The number of aromatic nitrogens is 2. The summed E-state index contributed by atoms with van der Waals surface area (Å²) < 4.78 is 15.5. The van der Waals surface area contributed by atoms with E-state index in [2.05, 4.69) is 36.5 Å². The largest absolute Gasteiger partial charge is 0.353 e. The second-order valence-corrected chi connectivity index (χ2v) is 9.00. The van der Waals surface area contributed by atoms with Crippen LogP contribution >= 0.6 is 15.9 Å². The van der Waals surface area contributed by atoms with Crippen LogP contribution < -0.4 is 10.6 Å². The van der Waals surface area contributed by atoms with Crippen molar-refractivity contribution >= 4 is 27.7 Å². The molecule has 0 saturated carbocycles. The molecule has 4 rings (SSSR count). The van der Waals surface area contributed by atoms with Gasteiger partial charge < -0.3 is 15.6 Å². The number of nitrogens with one attached hydrogen (secondary N) is 3. The number of hydrogen-bond acceptors (Lipinski definition) is 3. The van der Waals surface area contributed by atoms with E-state index < -0.39 is 17.8 Å². The molecule has 35 heavy (non-hydrogen) atoms. The van der Waals surface area contributed by atoms with Crippen LogP contribution in [0.3, 0.4) is 0 Å². The molecular formula is C27H24BrFN4O2. The van der Waals surface area contributed by atoms with Gasteiger partial charge >= 0.3 is 0 Å². The van der Waals surface area contributed by atoms with Crippen molar-refractivity contribution < 1.29 is 14.0 Å². The van der Waals surface area contributed by atoms with E-state index in [1.165, 1.54) is 6.07 Å². The smallest absolute Gasteiger partial charge is 0.272 e. The fourth-order valence-electron chi connectivity index (χ4n) is 3.75. The standard InChI is InChI=1S/C27H24BrFN4O2/c1-17-25(33-26(31-17)19-9-3-2-4-10-19)27(35)32-23(21-12-5-6-13-22(21)29)16-30-24(34)15-18-8-7-11-20(28)14-18/h2-14,23H,15-16H2,1H3,(H,30,34)(H,31,33)(H,32,35). The van der Waals surface area contributed by atoms with Crippen LogP contribution in [0.1, 0.15) is 33.4 Å². The fourth-order valence-corrected chi connectivity index (χ4v) is 4.19. The van der Waals surface area contributed by atoms with E-state index in [1.54, 1.807) is 25.1 Å². The number of carbonyl (C=O) groups is 2. The third-order valence-corrected chi connectivity index (χ3v) is 5.98. The highest BCUT2D eigenvalue weighted by Gasteiger charge is 2.23. The summed E-state index contributed by atoms with van der Waals surface area (Å²) in [5, 5.41) is 5.66. The minimum Gasteiger partial charge on any atom is -0.353 e. The zero-order valence-electron chi connectivity index (χ0n) is 19.0. The Morgan fingerprint density at radius 3 is 2.51 bits per heavy atom. The van der Waals surface area contributed by atoms with Crippen LogP contribution in [-0.4, -0.2) is 28.3 Å². The van der Waals surface area contributed by atoms with E-state index in [0.29, 0.717) is 11.5 Å². The Hall–Kier alpha value is -3.78. The molecule has 1 heterocycles. The summed E-state index contributed by atoms with van der Waals surface area (Å²) in [6.45, 7) is 1.78. The van der Waals surface area contributed by atoms with Crippen molar-refractivity contribution in [1.29, 1.82) is 0 Å². The average Bonchev–Trinajstić information content (AvgIpc) is 3.24. The number of nitrogens with zero attached hydrogens (tertiary/aromatic N) is 1. The van der Waals surface area contributed by atoms with Gasteiger partial charge in [0.25, 0.3) is 5.91 Å². The molecule has 1 unspecified atom stereocenters. The Kier molecular flexibility index (Phi) is 7.72. The van der Waals surface area contributed by atoms with Crippen molar-refractivity contribution in [2.45, 2.75) is 19.4 Å². The number of halogens is 2. The highest BCUT2D eigenvalue weighted by molar-refractivity contribution is 9.10. The van der Waals surface area contributed by atoms with Gasteiger partial charge in [-0.05, 0) is 30.7 Å². The number of carbonyl (C=O) groups excluding carboxylic acids is 2. The summed E-state index contributed by atoms with van der Waals surface area (Å²) >= 11 is 3.40. The monoisotopic (exact) mass is 534 g/mol. The van der Waals surface area contributed by atoms with Crippen molar-refractivity contribution in [1.82, 2.24) is 20.6 Å². The van der Waals surface area contributed by atoms with E-state index >= 15 is 0 Å². The first-order chi connectivity index (χ1) is 16.9. The zero-order valence-corrected chi connectivity index (χ0v) is 20.6. The molecule has 3 aromatic carbocycles. The van der Waals surface area contributed by atoms with E-state index in [-0.39, 0.29) is 30.1 Å². The summed E-state index contributed by atoms with van der Waals surface area (Å²) in [5.41, 5.74) is 2.77. The Morgan fingerprint density at radius 1 is 1.03 bits per heavy atom. The van der Waals surface area contributed by atoms with Crippen molar-refractivity contribution in [3.05, 3.63) is 112 Å². The third kappa shape index (κ3) is 6.22. The quantitative estimate of drug-likeness (QED) is 0.293. The van der Waals surface area contributed by atoms with Crippen LogP contribution in [-0.2, 0) is 11.2 Å². The minimum absolute atomic E-state index is 0.0223. The third-order valence-electron chi connectivity index (χ3n) is 5.49. The van der Waals surface area contributed by atoms with Crippen molar-refractivity contribution in [2.75, 3.05) is 6.54 Å². The first-order valence-corrected chi connectivity index (χ1v) is 11.9. The first kappa shape index (κ1) is 24.3. The van der Waals surface area contributed by atoms with Crippen LogP contribution in [0.25, 0.3) is 11.4 Å². The number of aryl methyl sites for hydroxylation is 1. The van der Waals surface area contributed by atoms with Gasteiger partial charge in [-0.3, -0.25) is 9.59 Å². The maximum Gasteiger partial charge on any atom is 0.272 e. The number of rotatable bonds is 8. The Morgan fingerprint density at radius 2 is 1.77 bits per heavy atom. The molecule has 0 radical (unpaired) electrons. The molecule has 4 aromatic rings. The normalized spacial score (nSPS) is 11.6. The van der Waals surface area contributed by atoms with Gasteiger partial charge in [-0.1, -0.05) is 76.6 Å². The second-order valence-electron chi connectivity index (χ2n) is 8.08. The SMILES string of the molecule is Cc1[nH]c(-c2ccccc2)nc1C(=O)NC(CNC(=O)Cc1cccc(Br)c1)c1ccccc1F.